The minimum atomic E-state index is -0.0536. The molecule has 0 amide bonds. The summed E-state index contributed by atoms with van der Waals surface area (Å²) in [5.41, 5.74) is 3.62. The fourth-order valence-electron chi connectivity index (χ4n) is 3.05. The van der Waals surface area contributed by atoms with Gasteiger partial charge in [-0.25, -0.2) is 4.98 Å². The van der Waals surface area contributed by atoms with Crippen molar-refractivity contribution in [3.8, 4) is 5.69 Å². The van der Waals surface area contributed by atoms with Crippen LogP contribution in [0.25, 0.3) is 16.6 Å². The second-order valence-electron chi connectivity index (χ2n) is 6.45. The Morgan fingerprint density at radius 2 is 1.77 bits per heavy atom. The van der Waals surface area contributed by atoms with Crippen molar-refractivity contribution < 1.29 is 4.79 Å². The van der Waals surface area contributed by atoms with Crippen LogP contribution >= 0.6 is 11.8 Å². The predicted molar refractivity (Wildman–Crippen MR) is 107 cm³/mol. The highest BCUT2D eigenvalue weighted by molar-refractivity contribution is 7.99. The van der Waals surface area contributed by atoms with Crippen molar-refractivity contribution in [3.63, 3.8) is 0 Å². The molecule has 0 aliphatic rings. The average Bonchev–Trinajstić information content (AvgIpc) is 2.60. The quantitative estimate of drug-likeness (QED) is 0.367. The molecule has 2 aromatic carbocycles. The molecule has 1 aromatic heterocycles. The number of aromatic nitrogens is 2. The molecule has 0 bridgehead atoms. The zero-order valence-electron chi connectivity index (χ0n) is 15.3. The van der Waals surface area contributed by atoms with Crippen LogP contribution in [0.1, 0.15) is 30.9 Å². The van der Waals surface area contributed by atoms with Crippen LogP contribution < -0.4 is 5.56 Å². The normalized spacial score (nSPS) is 11.0. The summed E-state index contributed by atoms with van der Waals surface area (Å²) < 4.78 is 1.73. The second-order valence-corrected chi connectivity index (χ2v) is 7.51. The van der Waals surface area contributed by atoms with Gasteiger partial charge in [0, 0.05) is 12.2 Å². The lowest BCUT2D eigenvalue weighted by atomic mass is 10.1. The molecule has 0 unspecified atom stereocenters. The number of hydrogen-bond acceptors (Lipinski definition) is 4. The minimum Gasteiger partial charge on any atom is -0.300 e. The van der Waals surface area contributed by atoms with Crippen molar-refractivity contribution in [2.24, 2.45) is 0 Å². The molecule has 0 aliphatic carbocycles. The van der Waals surface area contributed by atoms with Crippen LogP contribution in [0.2, 0.25) is 0 Å². The third-order valence-electron chi connectivity index (χ3n) is 4.31. The van der Waals surface area contributed by atoms with E-state index in [0.717, 1.165) is 29.0 Å². The van der Waals surface area contributed by atoms with Gasteiger partial charge in [-0.3, -0.25) is 9.36 Å². The first kappa shape index (κ1) is 18.4. The maximum atomic E-state index is 13.3. The molecule has 26 heavy (non-hydrogen) atoms. The van der Waals surface area contributed by atoms with Gasteiger partial charge in [-0.1, -0.05) is 42.1 Å². The van der Waals surface area contributed by atoms with Gasteiger partial charge in [-0.05, 0) is 50.5 Å². The standard InChI is InChI=1S/C21H22N2O2S/c1-14-8-6-9-15(2)19(14)23-20(25)17-11-4-5-12-18(17)22-21(23)26-13-7-10-16(3)24/h4-6,8-9,11-12H,7,10,13H2,1-3H3. The summed E-state index contributed by atoms with van der Waals surface area (Å²) in [4.78, 5) is 29.2. The molecule has 3 aromatic rings. The highest BCUT2D eigenvalue weighted by atomic mass is 32.2. The Labute approximate surface area is 157 Å². The van der Waals surface area contributed by atoms with Gasteiger partial charge in [0.25, 0.3) is 5.56 Å². The zero-order valence-corrected chi connectivity index (χ0v) is 16.1. The molecule has 0 radical (unpaired) electrons. The average molecular weight is 366 g/mol. The third kappa shape index (κ3) is 3.73. The molecule has 5 heteroatoms. The zero-order chi connectivity index (χ0) is 18.7. The number of nitrogens with zero attached hydrogens (tertiary/aromatic N) is 2. The Hall–Kier alpha value is -2.40. The highest BCUT2D eigenvalue weighted by Gasteiger charge is 2.16. The Morgan fingerprint density at radius 1 is 1.08 bits per heavy atom. The van der Waals surface area contributed by atoms with E-state index in [2.05, 4.69) is 0 Å². The first-order chi connectivity index (χ1) is 12.5. The van der Waals surface area contributed by atoms with Gasteiger partial charge in [0.1, 0.15) is 5.78 Å². The molecule has 134 valence electrons. The van der Waals surface area contributed by atoms with Gasteiger partial charge < -0.3 is 4.79 Å². The van der Waals surface area contributed by atoms with E-state index in [9.17, 15) is 9.59 Å². The van der Waals surface area contributed by atoms with E-state index in [4.69, 9.17) is 4.98 Å². The summed E-state index contributed by atoms with van der Waals surface area (Å²) in [5.74, 6) is 0.930. The van der Waals surface area contributed by atoms with Gasteiger partial charge in [0.15, 0.2) is 5.16 Å². The number of ketones is 1. The SMILES string of the molecule is CC(=O)CCCSc1nc2ccccc2c(=O)n1-c1c(C)cccc1C. The highest BCUT2D eigenvalue weighted by Crippen LogP contribution is 2.25. The maximum absolute atomic E-state index is 13.3. The molecule has 0 saturated carbocycles. The molecule has 0 fully saturated rings. The Kier molecular flexibility index (Phi) is 5.57. The van der Waals surface area contributed by atoms with E-state index in [1.165, 1.54) is 11.8 Å². The van der Waals surface area contributed by atoms with Crippen molar-refractivity contribution in [1.29, 1.82) is 0 Å². The predicted octanol–water partition coefficient (Wildman–Crippen LogP) is 4.46. The van der Waals surface area contributed by atoms with Crippen molar-refractivity contribution in [3.05, 3.63) is 63.9 Å². The number of fused-ring (bicyclic) bond motifs is 1. The number of benzene rings is 2. The molecule has 4 nitrogen and oxygen atoms in total. The summed E-state index contributed by atoms with van der Waals surface area (Å²) in [5, 5.41) is 1.29. The van der Waals surface area contributed by atoms with Crippen molar-refractivity contribution in [2.45, 2.75) is 38.8 Å². The number of hydrogen-bond donors (Lipinski definition) is 0. The lowest BCUT2D eigenvalue weighted by molar-refractivity contribution is -0.117. The van der Waals surface area contributed by atoms with Gasteiger partial charge in [-0.2, -0.15) is 0 Å². The van der Waals surface area contributed by atoms with E-state index < -0.39 is 0 Å². The number of carbonyl (C=O) groups excluding carboxylic acids is 1. The molecule has 0 N–H and O–H groups in total. The number of rotatable bonds is 6. The van der Waals surface area contributed by atoms with Crippen molar-refractivity contribution in [1.82, 2.24) is 9.55 Å². The van der Waals surface area contributed by atoms with Gasteiger partial charge >= 0.3 is 0 Å². The first-order valence-corrected chi connectivity index (χ1v) is 9.68. The van der Waals surface area contributed by atoms with Crippen LogP contribution in [0.4, 0.5) is 0 Å². The summed E-state index contributed by atoms with van der Waals surface area (Å²) in [7, 11) is 0. The lowest BCUT2D eigenvalue weighted by Crippen LogP contribution is -2.23. The number of para-hydroxylation sites is 2. The Bertz CT molecular complexity index is 1000. The fraction of sp³-hybridized carbons (Fsp3) is 0.286. The summed E-state index contributed by atoms with van der Waals surface area (Å²) in [6.45, 7) is 5.62. The summed E-state index contributed by atoms with van der Waals surface area (Å²) >= 11 is 1.53. The first-order valence-electron chi connectivity index (χ1n) is 8.69. The van der Waals surface area contributed by atoms with Crippen molar-refractivity contribution >= 4 is 28.4 Å². The Balaban J connectivity index is 2.15. The van der Waals surface area contributed by atoms with E-state index >= 15 is 0 Å². The number of Topliss-reactive ketones (excluding diaryl/α,β-unsaturated/α-hetero) is 1. The van der Waals surface area contributed by atoms with Crippen LogP contribution in [0, 0.1) is 13.8 Å². The second kappa shape index (κ2) is 7.87. The minimum absolute atomic E-state index is 0.0536. The van der Waals surface area contributed by atoms with E-state index in [0.29, 0.717) is 22.5 Å². The van der Waals surface area contributed by atoms with Crippen LogP contribution in [-0.4, -0.2) is 21.1 Å². The topological polar surface area (TPSA) is 52.0 Å². The smallest absolute Gasteiger partial charge is 0.266 e. The van der Waals surface area contributed by atoms with Crippen LogP contribution in [0.5, 0.6) is 0 Å². The Morgan fingerprint density at radius 3 is 2.46 bits per heavy atom. The summed E-state index contributed by atoms with van der Waals surface area (Å²) in [6, 6.07) is 13.4. The monoisotopic (exact) mass is 366 g/mol. The molecule has 0 atom stereocenters. The lowest BCUT2D eigenvalue weighted by Gasteiger charge is -2.17. The molecule has 0 aliphatic heterocycles. The van der Waals surface area contributed by atoms with Gasteiger partial charge in [0.2, 0.25) is 0 Å². The number of carbonyl (C=O) groups is 1. The van der Waals surface area contributed by atoms with E-state index in [1.807, 2.05) is 56.3 Å². The maximum Gasteiger partial charge on any atom is 0.266 e. The molecule has 3 rings (SSSR count). The van der Waals surface area contributed by atoms with Gasteiger partial charge in [-0.15, -0.1) is 0 Å². The van der Waals surface area contributed by atoms with E-state index in [-0.39, 0.29) is 11.3 Å². The number of thioether (sulfide) groups is 1. The van der Waals surface area contributed by atoms with E-state index in [1.54, 1.807) is 11.5 Å². The van der Waals surface area contributed by atoms with Crippen LogP contribution in [0.15, 0.2) is 52.4 Å². The molecule has 1 heterocycles. The molecular formula is C21H22N2O2S. The third-order valence-corrected chi connectivity index (χ3v) is 5.34. The van der Waals surface area contributed by atoms with Gasteiger partial charge in [0.05, 0.1) is 16.6 Å². The summed E-state index contributed by atoms with van der Waals surface area (Å²) in [6.07, 6.45) is 1.32. The number of aryl methyl sites for hydroxylation is 2. The fourth-order valence-corrected chi connectivity index (χ4v) is 3.99. The molecular weight excluding hydrogens is 344 g/mol. The largest absolute Gasteiger partial charge is 0.300 e. The molecule has 0 spiro atoms. The molecule has 0 saturated heterocycles. The van der Waals surface area contributed by atoms with Crippen LogP contribution in [0.3, 0.4) is 0 Å². The van der Waals surface area contributed by atoms with Crippen molar-refractivity contribution in [2.75, 3.05) is 5.75 Å². The van der Waals surface area contributed by atoms with Crippen LogP contribution in [-0.2, 0) is 4.79 Å².